The molecule has 18 heavy (non-hydrogen) atoms. The van der Waals surface area contributed by atoms with Crippen LogP contribution < -0.4 is 10.9 Å². The molecule has 0 bridgehead atoms. The highest BCUT2D eigenvalue weighted by atomic mass is 32.2. The standard InChI is InChI=1S/C14H22N2OS/c1-3-8-16-10-12(6-7-14(16)17)15-13-5-4-9-18-11(13)2/h6-7,10-11,13,15H,3-5,8-9H2,1-2H3. The number of hydrogen-bond donors (Lipinski definition) is 1. The van der Waals surface area contributed by atoms with E-state index in [1.807, 2.05) is 24.0 Å². The van der Waals surface area contributed by atoms with E-state index < -0.39 is 0 Å². The average molecular weight is 266 g/mol. The van der Waals surface area contributed by atoms with Gasteiger partial charge in [-0.3, -0.25) is 4.79 Å². The first-order valence-electron chi connectivity index (χ1n) is 6.79. The molecule has 3 nitrogen and oxygen atoms in total. The molecule has 0 aliphatic carbocycles. The third kappa shape index (κ3) is 3.31. The van der Waals surface area contributed by atoms with Gasteiger partial charge in [0.15, 0.2) is 0 Å². The highest BCUT2D eigenvalue weighted by Crippen LogP contribution is 2.27. The summed E-state index contributed by atoms with van der Waals surface area (Å²) in [5.74, 6) is 1.27. The highest BCUT2D eigenvalue weighted by molar-refractivity contribution is 8.00. The topological polar surface area (TPSA) is 34.0 Å². The van der Waals surface area contributed by atoms with Crippen LogP contribution >= 0.6 is 11.8 Å². The largest absolute Gasteiger partial charge is 0.380 e. The van der Waals surface area contributed by atoms with Crippen LogP contribution in [-0.2, 0) is 6.54 Å². The van der Waals surface area contributed by atoms with E-state index in [9.17, 15) is 4.79 Å². The molecule has 1 fully saturated rings. The number of pyridine rings is 1. The Bertz CT molecular complexity index is 444. The van der Waals surface area contributed by atoms with Crippen LogP contribution in [0.1, 0.15) is 33.1 Å². The van der Waals surface area contributed by atoms with E-state index in [0.717, 1.165) is 18.7 Å². The van der Waals surface area contributed by atoms with Crippen LogP contribution in [0.4, 0.5) is 5.69 Å². The van der Waals surface area contributed by atoms with Crippen LogP contribution in [0.3, 0.4) is 0 Å². The summed E-state index contributed by atoms with van der Waals surface area (Å²) in [4.78, 5) is 11.6. The third-order valence-electron chi connectivity index (χ3n) is 3.41. The molecule has 0 saturated carbocycles. The summed E-state index contributed by atoms with van der Waals surface area (Å²) >= 11 is 2.03. The molecule has 2 rings (SSSR count). The van der Waals surface area contributed by atoms with Crippen molar-refractivity contribution in [3.05, 3.63) is 28.7 Å². The number of thioether (sulfide) groups is 1. The first-order valence-corrected chi connectivity index (χ1v) is 7.84. The van der Waals surface area contributed by atoms with Crippen LogP contribution in [0.15, 0.2) is 23.1 Å². The number of rotatable bonds is 4. The van der Waals surface area contributed by atoms with E-state index in [1.165, 1.54) is 18.6 Å². The molecule has 2 atom stereocenters. The number of nitrogens with zero attached hydrogens (tertiary/aromatic N) is 1. The van der Waals surface area contributed by atoms with Gasteiger partial charge < -0.3 is 9.88 Å². The zero-order valence-electron chi connectivity index (χ0n) is 11.2. The summed E-state index contributed by atoms with van der Waals surface area (Å²) in [5.41, 5.74) is 1.16. The average Bonchev–Trinajstić information content (AvgIpc) is 2.36. The number of aryl methyl sites for hydroxylation is 1. The van der Waals surface area contributed by atoms with Crippen molar-refractivity contribution in [3.8, 4) is 0 Å². The molecular formula is C14H22N2OS. The van der Waals surface area contributed by atoms with E-state index in [0.29, 0.717) is 11.3 Å². The Morgan fingerprint density at radius 3 is 3.06 bits per heavy atom. The lowest BCUT2D eigenvalue weighted by atomic mass is 10.1. The molecule has 4 heteroatoms. The number of hydrogen-bond acceptors (Lipinski definition) is 3. The second-order valence-electron chi connectivity index (χ2n) is 4.92. The Labute approximate surface area is 113 Å². The van der Waals surface area contributed by atoms with Gasteiger partial charge >= 0.3 is 0 Å². The van der Waals surface area contributed by atoms with Crippen LogP contribution in [-0.4, -0.2) is 21.6 Å². The van der Waals surface area contributed by atoms with Crippen molar-refractivity contribution in [3.63, 3.8) is 0 Å². The first kappa shape index (κ1) is 13.5. The van der Waals surface area contributed by atoms with Crippen molar-refractivity contribution < 1.29 is 0 Å². The highest BCUT2D eigenvalue weighted by Gasteiger charge is 2.21. The van der Waals surface area contributed by atoms with Gasteiger partial charge in [0.2, 0.25) is 0 Å². The van der Waals surface area contributed by atoms with Crippen LogP contribution in [0.2, 0.25) is 0 Å². The molecule has 1 aromatic heterocycles. The van der Waals surface area contributed by atoms with Gasteiger partial charge in [0.1, 0.15) is 0 Å². The van der Waals surface area contributed by atoms with Gasteiger partial charge in [-0.15, -0.1) is 0 Å². The molecule has 1 aliphatic rings. The second-order valence-corrected chi connectivity index (χ2v) is 6.40. The summed E-state index contributed by atoms with van der Waals surface area (Å²) in [6.45, 7) is 5.17. The van der Waals surface area contributed by atoms with Gasteiger partial charge in [-0.25, -0.2) is 0 Å². The Hall–Kier alpha value is -0.900. The Morgan fingerprint density at radius 1 is 1.50 bits per heavy atom. The minimum Gasteiger partial charge on any atom is -0.380 e. The monoisotopic (exact) mass is 266 g/mol. The summed E-state index contributed by atoms with van der Waals surface area (Å²) in [6.07, 6.45) is 5.44. The Balaban J connectivity index is 2.08. The van der Waals surface area contributed by atoms with Crippen molar-refractivity contribution in [1.29, 1.82) is 0 Å². The maximum Gasteiger partial charge on any atom is 0.250 e. The third-order valence-corrected chi connectivity index (χ3v) is 4.79. The number of anilines is 1. The molecule has 100 valence electrons. The van der Waals surface area contributed by atoms with Gasteiger partial charge in [-0.1, -0.05) is 13.8 Å². The zero-order valence-corrected chi connectivity index (χ0v) is 12.0. The maximum absolute atomic E-state index is 11.6. The molecule has 0 spiro atoms. The summed E-state index contributed by atoms with van der Waals surface area (Å²) in [5, 5.41) is 4.22. The fraction of sp³-hybridized carbons (Fsp3) is 0.643. The normalized spacial score (nSPS) is 23.9. The van der Waals surface area contributed by atoms with Crippen molar-refractivity contribution in [2.45, 2.75) is 50.9 Å². The van der Waals surface area contributed by atoms with Crippen molar-refractivity contribution in [2.24, 2.45) is 0 Å². The minimum absolute atomic E-state index is 0.0912. The van der Waals surface area contributed by atoms with E-state index in [4.69, 9.17) is 0 Å². The summed E-state index contributed by atoms with van der Waals surface area (Å²) in [7, 11) is 0. The fourth-order valence-corrected chi connectivity index (χ4v) is 3.50. The van der Waals surface area contributed by atoms with Gasteiger partial charge in [-0.2, -0.15) is 11.8 Å². The number of nitrogens with one attached hydrogen (secondary N) is 1. The van der Waals surface area contributed by atoms with Crippen molar-refractivity contribution in [2.75, 3.05) is 11.1 Å². The predicted octanol–water partition coefficient (Wildman–Crippen LogP) is 2.95. The molecule has 0 aromatic carbocycles. The quantitative estimate of drug-likeness (QED) is 0.910. The molecule has 2 heterocycles. The first-order chi connectivity index (χ1) is 8.70. The van der Waals surface area contributed by atoms with E-state index in [1.54, 1.807) is 10.6 Å². The van der Waals surface area contributed by atoms with Crippen LogP contribution in [0.5, 0.6) is 0 Å². The molecule has 1 saturated heterocycles. The van der Waals surface area contributed by atoms with Crippen LogP contribution in [0.25, 0.3) is 0 Å². The summed E-state index contributed by atoms with van der Waals surface area (Å²) < 4.78 is 1.79. The lowest BCUT2D eigenvalue weighted by molar-refractivity contribution is 0.612. The molecule has 2 unspecified atom stereocenters. The summed E-state index contributed by atoms with van der Waals surface area (Å²) in [6, 6.07) is 4.09. The molecule has 0 amide bonds. The van der Waals surface area contributed by atoms with E-state index >= 15 is 0 Å². The van der Waals surface area contributed by atoms with Gasteiger partial charge in [0, 0.05) is 30.1 Å². The minimum atomic E-state index is 0.0912. The molecular weight excluding hydrogens is 244 g/mol. The lowest BCUT2D eigenvalue weighted by Crippen LogP contribution is -2.33. The lowest BCUT2D eigenvalue weighted by Gasteiger charge is -2.30. The zero-order chi connectivity index (χ0) is 13.0. The molecule has 1 N–H and O–H groups in total. The molecule has 1 aliphatic heterocycles. The van der Waals surface area contributed by atoms with Gasteiger partial charge in [-0.05, 0) is 31.1 Å². The van der Waals surface area contributed by atoms with Gasteiger partial charge in [0.05, 0.1) is 5.69 Å². The predicted molar refractivity (Wildman–Crippen MR) is 79.6 cm³/mol. The van der Waals surface area contributed by atoms with E-state index in [-0.39, 0.29) is 5.56 Å². The fourth-order valence-electron chi connectivity index (χ4n) is 2.36. The van der Waals surface area contributed by atoms with Crippen molar-refractivity contribution in [1.82, 2.24) is 4.57 Å². The SMILES string of the molecule is CCCn1cc(NC2CCCSC2C)ccc1=O. The van der Waals surface area contributed by atoms with Gasteiger partial charge in [0.25, 0.3) is 5.56 Å². The Kier molecular flexibility index (Phi) is 4.75. The number of aromatic nitrogens is 1. The second kappa shape index (κ2) is 6.32. The molecule has 1 aromatic rings. The van der Waals surface area contributed by atoms with Crippen LogP contribution in [0, 0.1) is 0 Å². The Morgan fingerprint density at radius 2 is 2.33 bits per heavy atom. The smallest absolute Gasteiger partial charge is 0.250 e. The molecule has 0 radical (unpaired) electrons. The van der Waals surface area contributed by atoms with Crippen molar-refractivity contribution >= 4 is 17.4 Å². The maximum atomic E-state index is 11.6. The van der Waals surface area contributed by atoms with E-state index in [2.05, 4.69) is 19.2 Å².